The minimum absolute atomic E-state index is 0.0102. The molecule has 2 aromatic carbocycles. The second-order valence-electron chi connectivity index (χ2n) is 8.27. The van der Waals surface area contributed by atoms with E-state index in [-0.39, 0.29) is 39.8 Å². The number of nitrogens with one attached hydrogen (secondary N) is 1. The van der Waals surface area contributed by atoms with Crippen molar-refractivity contribution in [2.45, 2.75) is 53.7 Å². The van der Waals surface area contributed by atoms with Crippen molar-refractivity contribution in [3.8, 4) is 0 Å². The van der Waals surface area contributed by atoms with Crippen LogP contribution in [0, 0.1) is 26.1 Å². The van der Waals surface area contributed by atoms with Gasteiger partial charge >= 0.3 is 5.97 Å². The van der Waals surface area contributed by atoms with Crippen LogP contribution in [0.2, 0.25) is 0 Å². The lowest BCUT2D eigenvalue weighted by Crippen LogP contribution is -2.38. The molecule has 5 atom stereocenters. The van der Waals surface area contributed by atoms with Gasteiger partial charge in [-0.25, -0.2) is 4.79 Å². The molecule has 0 radical (unpaired) electrons. The topological polar surface area (TPSA) is 136 Å². The summed E-state index contributed by atoms with van der Waals surface area (Å²) in [4.78, 5) is 34.8. The Morgan fingerprint density at radius 3 is 2.52 bits per heavy atom. The summed E-state index contributed by atoms with van der Waals surface area (Å²) in [5.74, 6) is -1.68. The molecule has 0 spiro atoms. The maximum atomic E-state index is 11.9. The smallest absolute Gasteiger partial charge is 0.337 e. The minimum atomic E-state index is -1.17. The van der Waals surface area contributed by atoms with Gasteiger partial charge in [-0.1, -0.05) is 25.5 Å². The van der Waals surface area contributed by atoms with Gasteiger partial charge in [0, 0.05) is 29.3 Å². The number of hydrogen-bond donors (Lipinski definition) is 2. The lowest BCUT2D eigenvalue weighted by atomic mass is 9.76. The second kappa shape index (κ2) is 9.18. The van der Waals surface area contributed by atoms with Crippen LogP contribution in [0.1, 0.15) is 48.0 Å². The molecule has 174 valence electrons. The number of carboxylic acid groups (broad SMARTS) is 1. The minimum Gasteiger partial charge on any atom is -0.478 e. The molecule has 1 aliphatic carbocycles. The molecule has 0 saturated heterocycles. The molecule has 5 unspecified atom stereocenters. The molecule has 2 N–H and O–H groups in total. The first-order valence-electron chi connectivity index (χ1n) is 10.6. The normalized spacial score (nSPS) is 25.6. The SMILES string of the molecule is CCCC1Nc2c(C(=O)O)ccc([N+](=O)[O-])c2C2C(Cl)C(Sc3ccccc3[N+](=O)[O-])CC12. The number of rotatable bonds is 7. The monoisotopic (exact) mass is 491 g/mol. The standard InChI is InChI=1S/C22H22ClN3O6S/c1-2-5-13-12-10-17(33-16-7-4-3-6-14(16)25(29)30)20(23)18(12)19-15(26(31)32)9-8-11(22(27)28)21(19)24-13/h3-4,6-9,12-13,17-18,20,24H,2,5,10H2,1H3,(H,27,28). The number of benzene rings is 2. The summed E-state index contributed by atoms with van der Waals surface area (Å²) in [7, 11) is 0. The number of nitro groups is 2. The summed E-state index contributed by atoms with van der Waals surface area (Å²) < 4.78 is 0. The highest BCUT2D eigenvalue weighted by Gasteiger charge is 2.52. The van der Waals surface area contributed by atoms with Crippen LogP contribution in [0.4, 0.5) is 17.1 Å². The predicted molar refractivity (Wildman–Crippen MR) is 126 cm³/mol. The Bertz CT molecular complexity index is 1130. The first-order chi connectivity index (χ1) is 15.7. The third-order valence-electron chi connectivity index (χ3n) is 6.43. The average Bonchev–Trinajstić information content (AvgIpc) is 3.09. The molecule has 1 saturated carbocycles. The van der Waals surface area contributed by atoms with Gasteiger partial charge in [-0.05, 0) is 30.9 Å². The number of anilines is 1. The largest absolute Gasteiger partial charge is 0.478 e. The van der Waals surface area contributed by atoms with Gasteiger partial charge < -0.3 is 10.4 Å². The zero-order chi connectivity index (χ0) is 23.9. The molecular weight excluding hydrogens is 470 g/mol. The molecule has 4 rings (SSSR count). The maximum absolute atomic E-state index is 11.9. The fraction of sp³-hybridized carbons (Fsp3) is 0.409. The molecule has 9 nitrogen and oxygen atoms in total. The predicted octanol–water partition coefficient (Wildman–Crippen LogP) is 5.67. The molecule has 1 aliphatic heterocycles. The average molecular weight is 492 g/mol. The Kier molecular flexibility index (Phi) is 6.49. The molecule has 2 aromatic rings. The first kappa shape index (κ1) is 23.3. The summed E-state index contributed by atoms with van der Waals surface area (Å²) in [6.07, 6.45) is 2.18. The van der Waals surface area contributed by atoms with Gasteiger partial charge in [-0.15, -0.1) is 23.4 Å². The van der Waals surface area contributed by atoms with Crippen molar-refractivity contribution in [2.75, 3.05) is 5.32 Å². The quantitative estimate of drug-likeness (QED) is 0.287. The van der Waals surface area contributed by atoms with Crippen LogP contribution in [-0.2, 0) is 0 Å². The molecule has 0 amide bonds. The molecule has 33 heavy (non-hydrogen) atoms. The summed E-state index contributed by atoms with van der Waals surface area (Å²) in [5.41, 5.74) is 0.397. The second-order valence-corrected chi connectivity index (χ2v) is 10.1. The Labute approximate surface area is 198 Å². The van der Waals surface area contributed by atoms with Crippen LogP contribution in [0.15, 0.2) is 41.3 Å². The highest BCUT2D eigenvalue weighted by atomic mass is 35.5. The Balaban J connectivity index is 1.80. The zero-order valence-corrected chi connectivity index (χ0v) is 19.2. The van der Waals surface area contributed by atoms with Crippen LogP contribution in [-0.4, -0.2) is 37.6 Å². The van der Waals surface area contributed by atoms with Crippen LogP contribution >= 0.6 is 23.4 Å². The number of halogens is 1. The number of thioether (sulfide) groups is 1. The van der Waals surface area contributed by atoms with Crippen LogP contribution < -0.4 is 5.32 Å². The molecule has 1 fully saturated rings. The highest BCUT2D eigenvalue weighted by Crippen LogP contribution is 2.57. The fourth-order valence-corrected chi connectivity index (χ4v) is 7.05. The van der Waals surface area contributed by atoms with Crippen molar-refractivity contribution < 1.29 is 19.7 Å². The van der Waals surface area contributed by atoms with E-state index < -0.39 is 27.1 Å². The maximum Gasteiger partial charge on any atom is 0.337 e. The summed E-state index contributed by atoms with van der Waals surface area (Å²) in [5, 5.41) is 35.5. The number of aromatic carboxylic acids is 1. The van der Waals surface area contributed by atoms with E-state index in [0.717, 1.165) is 12.8 Å². The number of hydrogen-bond acceptors (Lipinski definition) is 7. The number of carbonyl (C=O) groups is 1. The van der Waals surface area contributed by atoms with E-state index in [2.05, 4.69) is 5.32 Å². The number of fused-ring (bicyclic) bond motifs is 3. The van der Waals surface area contributed by atoms with Gasteiger partial charge in [0.05, 0.1) is 36.9 Å². The van der Waals surface area contributed by atoms with E-state index in [1.807, 2.05) is 6.92 Å². The van der Waals surface area contributed by atoms with Gasteiger partial charge in [0.2, 0.25) is 0 Å². The zero-order valence-electron chi connectivity index (χ0n) is 17.6. The van der Waals surface area contributed by atoms with Crippen molar-refractivity contribution in [3.63, 3.8) is 0 Å². The third-order valence-corrected chi connectivity index (χ3v) is 8.55. The molecular formula is C22H22ClN3O6S. The molecule has 0 bridgehead atoms. The lowest BCUT2D eigenvalue weighted by molar-refractivity contribution is -0.387. The molecule has 2 aliphatic rings. The summed E-state index contributed by atoms with van der Waals surface area (Å²) >= 11 is 8.26. The van der Waals surface area contributed by atoms with Gasteiger partial charge in [0.1, 0.15) is 0 Å². The highest BCUT2D eigenvalue weighted by molar-refractivity contribution is 8.00. The Morgan fingerprint density at radius 1 is 1.18 bits per heavy atom. The van der Waals surface area contributed by atoms with E-state index in [0.29, 0.717) is 16.9 Å². The Morgan fingerprint density at radius 2 is 1.88 bits per heavy atom. The van der Waals surface area contributed by atoms with Crippen LogP contribution in [0.25, 0.3) is 0 Å². The fourth-order valence-electron chi connectivity index (χ4n) is 5.11. The van der Waals surface area contributed by atoms with Gasteiger partial charge in [-0.2, -0.15) is 0 Å². The number of para-hydroxylation sites is 1. The van der Waals surface area contributed by atoms with Crippen molar-refractivity contribution in [3.05, 3.63) is 67.8 Å². The van der Waals surface area contributed by atoms with E-state index in [1.165, 1.54) is 30.0 Å². The van der Waals surface area contributed by atoms with E-state index in [1.54, 1.807) is 18.2 Å². The van der Waals surface area contributed by atoms with E-state index in [4.69, 9.17) is 11.6 Å². The van der Waals surface area contributed by atoms with Crippen LogP contribution in [0.3, 0.4) is 0 Å². The first-order valence-corrected chi connectivity index (χ1v) is 11.9. The molecule has 0 aromatic heterocycles. The van der Waals surface area contributed by atoms with E-state index >= 15 is 0 Å². The van der Waals surface area contributed by atoms with Crippen LogP contribution in [0.5, 0.6) is 0 Å². The van der Waals surface area contributed by atoms with Crippen molar-refractivity contribution in [1.29, 1.82) is 0 Å². The molecule has 11 heteroatoms. The van der Waals surface area contributed by atoms with Crippen molar-refractivity contribution >= 4 is 46.4 Å². The van der Waals surface area contributed by atoms with E-state index in [9.17, 15) is 30.1 Å². The van der Waals surface area contributed by atoms with Crippen molar-refractivity contribution in [1.82, 2.24) is 0 Å². The number of nitro benzene ring substituents is 2. The number of nitrogens with zero attached hydrogens (tertiary/aromatic N) is 2. The number of alkyl halides is 1. The summed E-state index contributed by atoms with van der Waals surface area (Å²) in [6.45, 7) is 2.02. The molecule has 1 heterocycles. The lowest BCUT2D eigenvalue weighted by Gasteiger charge is -2.38. The van der Waals surface area contributed by atoms with Crippen molar-refractivity contribution in [2.24, 2.45) is 5.92 Å². The van der Waals surface area contributed by atoms with Gasteiger partial charge in [-0.3, -0.25) is 20.2 Å². The third kappa shape index (κ3) is 4.13. The number of carboxylic acids is 1. The van der Waals surface area contributed by atoms with Gasteiger partial charge in [0.15, 0.2) is 0 Å². The van der Waals surface area contributed by atoms with Gasteiger partial charge in [0.25, 0.3) is 11.4 Å². The Hall–Kier alpha value is -2.85. The summed E-state index contributed by atoms with van der Waals surface area (Å²) in [6, 6.07) is 8.82.